The van der Waals surface area contributed by atoms with Crippen molar-refractivity contribution in [2.45, 2.75) is 111 Å². The van der Waals surface area contributed by atoms with Crippen LogP contribution in [0, 0.1) is 19.0 Å². The molecule has 2 fully saturated rings. The molecule has 0 spiro atoms. The molecule has 4 aromatic rings. The molecule has 0 radical (unpaired) electrons. The van der Waals surface area contributed by atoms with Gasteiger partial charge in [-0.25, -0.2) is 37.9 Å². The molecule has 6 rings (SSSR count). The number of carbonyl (C=O) groups excluding carboxylic acids is 3. The van der Waals surface area contributed by atoms with E-state index in [9.17, 15) is 33.1 Å². The summed E-state index contributed by atoms with van der Waals surface area (Å²) >= 11 is 16.4. The van der Waals surface area contributed by atoms with E-state index in [0.717, 1.165) is 25.7 Å². The van der Waals surface area contributed by atoms with Gasteiger partial charge in [0, 0.05) is 48.3 Å². The zero-order chi connectivity index (χ0) is 48.7. The number of nitrogens with one attached hydrogen (secondary N) is 2. The number of imidazole rings is 2. The summed E-state index contributed by atoms with van der Waals surface area (Å²) in [5.41, 5.74) is 0.0464. The first kappa shape index (κ1) is 52.8. The molecule has 2 amide bonds. The Hall–Kier alpha value is -4.16. The monoisotopic (exact) mass is 1180 g/mol. The number of ether oxygens (including phenoxy) is 3. The standard InChI is InChI=1S/C23H29ClFIN4O4.C21H25ClFIN4O4/c1-5-33-20(31)18-19(26)28-21(30(18)12-14-11-15(25)8-9-17(14)24)29-10-6-7-16(13-29)27-22(32)34-23(2,3)4;1-21(2,3)32-20(31)25-14-5-4-8-27(11-14)19-26-17(24)16(18(29)30)28(19)10-12-9-13(23)6-7-15(12)22/h8-9,11,16H,5-7,10,12-13H2,1-4H3,(H,27,32);6-7,9,14H,4-5,8,10-11H2,1-3H3,(H,25,31)(H,29,30)/t16-;14-/m11/s1. The van der Waals surface area contributed by atoms with Gasteiger partial charge >= 0.3 is 24.1 Å². The first-order valence-corrected chi connectivity index (χ1v) is 24.1. The molecule has 0 aliphatic carbocycles. The number of amides is 2. The number of rotatable bonds is 11. The van der Waals surface area contributed by atoms with Gasteiger partial charge in [-0.1, -0.05) is 23.2 Å². The van der Waals surface area contributed by atoms with Crippen molar-refractivity contribution >= 4 is 104 Å². The van der Waals surface area contributed by atoms with Gasteiger partial charge in [-0.3, -0.25) is 9.13 Å². The molecule has 0 bridgehead atoms. The molecule has 2 saturated heterocycles. The number of carbonyl (C=O) groups is 4. The minimum atomic E-state index is -1.14. The highest BCUT2D eigenvalue weighted by Crippen LogP contribution is 2.30. The van der Waals surface area contributed by atoms with Gasteiger partial charge in [-0.05, 0) is 167 Å². The Labute approximate surface area is 419 Å². The lowest BCUT2D eigenvalue weighted by atomic mass is 10.1. The lowest BCUT2D eigenvalue weighted by Crippen LogP contribution is -2.49. The van der Waals surface area contributed by atoms with Gasteiger partial charge in [-0.2, -0.15) is 0 Å². The third kappa shape index (κ3) is 14.7. The minimum absolute atomic E-state index is 0.00292. The van der Waals surface area contributed by atoms with Gasteiger partial charge in [0.2, 0.25) is 11.9 Å². The van der Waals surface area contributed by atoms with Crippen molar-refractivity contribution in [3.8, 4) is 0 Å². The lowest BCUT2D eigenvalue weighted by molar-refractivity contribution is 0.0487. The summed E-state index contributed by atoms with van der Waals surface area (Å²) in [4.78, 5) is 62.3. The van der Waals surface area contributed by atoms with Crippen molar-refractivity contribution in [3.63, 3.8) is 0 Å². The number of carboxylic acid groups (broad SMARTS) is 1. The van der Waals surface area contributed by atoms with E-state index in [1.54, 1.807) is 32.3 Å². The van der Waals surface area contributed by atoms with Gasteiger partial charge < -0.3 is 39.8 Å². The molecule has 22 heteroatoms. The number of carboxylic acids is 1. The molecule has 2 aliphatic rings. The average molecular weight is 1190 g/mol. The Bertz CT molecular complexity index is 2410. The molecule has 0 saturated carbocycles. The molecule has 16 nitrogen and oxygen atoms in total. The van der Waals surface area contributed by atoms with Crippen LogP contribution in [-0.2, 0) is 27.3 Å². The summed E-state index contributed by atoms with van der Waals surface area (Å²) in [6, 6.07) is 7.75. The lowest BCUT2D eigenvalue weighted by Gasteiger charge is -2.34. The molecule has 2 aromatic heterocycles. The second-order valence-corrected chi connectivity index (χ2v) is 20.5. The summed E-state index contributed by atoms with van der Waals surface area (Å²) in [6.45, 7) is 15.2. The quantitative estimate of drug-likeness (QED) is 0.0736. The van der Waals surface area contributed by atoms with E-state index in [0.29, 0.717) is 66.6 Å². The summed E-state index contributed by atoms with van der Waals surface area (Å²) in [7, 11) is 0. The number of benzene rings is 2. The Morgan fingerprint density at radius 1 is 0.742 bits per heavy atom. The SMILES string of the molecule is CC(C)(C)OC(=O)N[C@@H]1CCCN(c2nc(I)c(C(=O)O)n2Cc2cc(F)ccc2Cl)C1.CCOC(=O)c1c(I)nc(N2CCC[C@@H](NC(=O)OC(C)(C)C)C2)n1Cc1cc(F)ccc1Cl. The van der Waals surface area contributed by atoms with Crippen molar-refractivity contribution in [2.24, 2.45) is 0 Å². The van der Waals surface area contributed by atoms with Crippen LogP contribution in [0.25, 0.3) is 0 Å². The fourth-order valence-corrected chi connectivity index (χ4v) is 9.20. The Balaban J connectivity index is 0.000000248. The second-order valence-electron chi connectivity index (χ2n) is 17.6. The maximum atomic E-state index is 13.9. The third-order valence-electron chi connectivity index (χ3n) is 10.0. The first-order valence-electron chi connectivity index (χ1n) is 21.2. The summed E-state index contributed by atoms with van der Waals surface area (Å²) in [5.74, 6) is -1.57. The van der Waals surface area contributed by atoms with Crippen LogP contribution in [-0.4, -0.2) is 104 Å². The highest BCUT2D eigenvalue weighted by Gasteiger charge is 2.32. The van der Waals surface area contributed by atoms with E-state index >= 15 is 0 Å². The highest BCUT2D eigenvalue weighted by atomic mass is 127. The van der Waals surface area contributed by atoms with Crippen molar-refractivity contribution in [1.82, 2.24) is 29.7 Å². The largest absolute Gasteiger partial charge is 0.476 e. The van der Waals surface area contributed by atoms with Crippen LogP contribution in [0.4, 0.5) is 30.3 Å². The van der Waals surface area contributed by atoms with E-state index in [1.807, 2.05) is 75.8 Å². The molecular weight excluding hydrogens is 1130 g/mol. The number of esters is 1. The second kappa shape index (κ2) is 22.8. The highest BCUT2D eigenvalue weighted by molar-refractivity contribution is 14.1. The Morgan fingerprint density at radius 2 is 1.15 bits per heavy atom. The van der Waals surface area contributed by atoms with Crippen molar-refractivity contribution in [3.05, 3.63) is 88.0 Å². The number of aromatic carboxylic acids is 1. The molecule has 0 unspecified atom stereocenters. The van der Waals surface area contributed by atoms with Crippen LogP contribution in [0.2, 0.25) is 10.0 Å². The van der Waals surface area contributed by atoms with Crippen molar-refractivity contribution in [2.75, 3.05) is 42.6 Å². The molecule has 360 valence electrons. The van der Waals surface area contributed by atoms with Crippen molar-refractivity contribution in [1.29, 1.82) is 0 Å². The number of piperidine rings is 2. The van der Waals surface area contributed by atoms with Gasteiger partial charge in [0.1, 0.15) is 30.2 Å². The summed E-state index contributed by atoms with van der Waals surface area (Å²) in [5, 5.41) is 16.3. The molecule has 2 aliphatic heterocycles. The fourth-order valence-electron chi connectivity index (χ4n) is 7.38. The van der Waals surface area contributed by atoms with Crippen LogP contribution in [0.3, 0.4) is 0 Å². The Kier molecular flexibility index (Phi) is 18.2. The topological polar surface area (TPSA) is 182 Å². The molecule has 4 heterocycles. The van der Waals surface area contributed by atoms with Crippen LogP contribution < -0.4 is 20.4 Å². The number of alkyl carbamates (subject to hydrolysis) is 2. The van der Waals surface area contributed by atoms with Crippen LogP contribution in [0.5, 0.6) is 0 Å². The number of anilines is 2. The molecule has 3 N–H and O–H groups in total. The first-order chi connectivity index (χ1) is 30.9. The maximum absolute atomic E-state index is 13.9. The Morgan fingerprint density at radius 3 is 1.55 bits per heavy atom. The fraction of sp³-hybridized carbons (Fsp3) is 0.500. The number of halogens is 6. The molecule has 66 heavy (non-hydrogen) atoms. The zero-order valence-electron chi connectivity index (χ0n) is 37.7. The van der Waals surface area contributed by atoms with Crippen LogP contribution in [0.15, 0.2) is 36.4 Å². The molecular formula is C44H54Cl2F2I2N8O8. The predicted octanol–water partition coefficient (Wildman–Crippen LogP) is 9.52. The van der Waals surface area contributed by atoms with Gasteiger partial charge in [-0.15, -0.1) is 0 Å². The predicted molar refractivity (Wildman–Crippen MR) is 263 cm³/mol. The maximum Gasteiger partial charge on any atom is 0.407 e. The van der Waals surface area contributed by atoms with E-state index < -0.39 is 47.0 Å². The van der Waals surface area contributed by atoms with E-state index in [-0.39, 0.29) is 43.2 Å². The van der Waals surface area contributed by atoms with E-state index in [4.69, 9.17) is 37.4 Å². The summed E-state index contributed by atoms with van der Waals surface area (Å²) < 4.78 is 47.8. The third-order valence-corrected chi connectivity index (χ3v) is 12.2. The normalized spacial score (nSPS) is 16.5. The van der Waals surface area contributed by atoms with Gasteiger partial charge in [0.15, 0.2) is 11.4 Å². The van der Waals surface area contributed by atoms with E-state index in [1.165, 1.54) is 41.0 Å². The van der Waals surface area contributed by atoms with Gasteiger partial charge in [0.05, 0.1) is 19.7 Å². The van der Waals surface area contributed by atoms with Gasteiger partial charge in [0.25, 0.3) is 0 Å². The molecule has 2 atom stereocenters. The minimum Gasteiger partial charge on any atom is -0.476 e. The average Bonchev–Trinajstić information content (AvgIpc) is 3.71. The van der Waals surface area contributed by atoms with E-state index in [2.05, 4.69) is 20.6 Å². The van der Waals surface area contributed by atoms with Crippen LogP contribution >= 0.6 is 68.4 Å². The number of nitrogens with zero attached hydrogens (tertiary/aromatic N) is 6. The number of aromatic nitrogens is 4. The number of hydrogen-bond acceptors (Lipinski definition) is 11. The smallest absolute Gasteiger partial charge is 0.407 e. The van der Waals surface area contributed by atoms with Crippen LogP contribution in [0.1, 0.15) is 106 Å². The van der Waals surface area contributed by atoms with Crippen molar-refractivity contribution < 1.29 is 47.3 Å². The number of hydrogen-bond donors (Lipinski definition) is 3. The summed E-state index contributed by atoms with van der Waals surface area (Å²) in [6.07, 6.45) is 2.14. The molecule has 2 aromatic carbocycles. The zero-order valence-corrected chi connectivity index (χ0v) is 43.5.